The maximum atomic E-state index is 11.1. The minimum Gasteiger partial charge on any atom is -0.477 e. The second kappa shape index (κ2) is 5.67. The Morgan fingerprint density at radius 3 is 2.53 bits per heavy atom. The van der Waals surface area contributed by atoms with E-state index in [-0.39, 0.29) is 18.8 Å². The highest BCUT2D eigenvalue weighted by molar-refractivity contribution is 5.87. The van der Waals surface area contributed by atoms with Crippen molar-refractivity contribution in [3.8, 4) is 11.3 Å². The molecule has 0 atom stereocenters. The molecule has 0 bridgehead atoms. The van der Waals surface area contributed by atoms with Crippen LogP contribution in [0.25, 0.3) is 11.3 Å². The number of rotatable bonds is 5. The van der Waals surface area contributed by atoms with Crippen LogP contribution < -0.4 is 0 Å². The van der Waals surface area contributed by atoms with E-state index < -0.39 is 5.97 Å². The first-order valence-corrected chi connectivity index (χ1v) is 6.17. The van der Waals surface area contributed by atoms with E-state index >= 15 is 0 Å². The number of aryl methyl sites for hydroxylation is 1. The molecule has 0 amide bonds. The van der Waals surface area contributed by atoms with Gasteiger partial charge in [0.15, 0.2) is 0 Å². The number of hydrogen-bond donors (Lipinski definition) is 2. The van der Waals surface area contributed by atoms with Crippen LogP contribution in [0.3, 0.4) is 0 Å². The monoisotopic (exact) mass is 260 g/mol. The predicted octanol–water partition coefficient (Wildman–Crippen LogP) is 1.80. The van der Waals surface area contributed by atoms with E-state index in [9.17, 15) is 4.79 Å². The third-order valence-electron chi connectivity index (χ3n) is 2.97. The molecular formula is C14H16N2O3. The molecule has 2 rings (SSSR count). The lowest BCUT2D eigenvalue weighted by Gasteiger charge is -2.01. The largest absolute Gasteiger partial charge is 0.477 e. The average molecular weight is 260 g/mol. The van der Waals surface area contributed by atoms with Crippen molar-refractivity contribution in [1.82, 2.24) is 9.78 Å². The predicted molar refractivity (Wildman–Crippen MR) is 71.1 cm³/mol. The van der Waals surface area contributed by atoms with Gasteiger partial charge in [-0.1, -0.05) is 31.2 Å². The van der Waals surface area contributed by atoms with Gasteiger partial charge >= 0.3 is 5.97 Å². The maximum absolute atomic E-state index is 11.1. The Morgan fingerprint density at radius 1 is 1.32 bits per heavy atom. The quantitative estimate of drug-likeness (QED) is 0.859. The van der Waals surface area contributed by atoms with Crippen molar-refractivity contribution in [2.24, 2.45) is 0 Å². The molecule has 0 fully saturated rings. The number of aliphatic hydroxyl groups is 1. The van der Waals surface area contributed by atoms with Crippen LogP contribution in [0.4, 0.5) is 0 Å². The third-order valence-corrected chi connectivity index (χ3v) is 2.97. The van der Waals surface area contributed by atoms with E-state index in [4.69, 9.17) is 10.2 Å². The van der Waals surface area contributed by atoms with E-state index in [2.05, 4.69) is 12.0 Å². The van der Waals surface area contributed by atoms with Gasteiger partial charge in [-0.15, -0.1) is 0 Å². The zero-order chi connectivity index (χ0) is 13.8. The summed E-state index contributed by atoms with van der Waals surface area (Å²) in [5.74, 6) is -1.04. The van der Waals surface area contributed by atoms with Gasteiger partial charge in [0.25, 0.3) is 0 Å². The molecule has 2 N–H and O–H groups in total. The number of aliphatic hydroxyl groups excluding tert-OH is 1. The summed E-state index contributed by atoms with van der Waals surface area (Å²) in [6.07, 6.45) is 0.958. The normalized spacial score (nSPS) is 10.6. The molecule has 0 radical (unpaired) electrons. The summed E-state index contributed by atoms with van der Waals surface area (Å²) in [6, 6.07) is 9.38. The summed E-state index contributed by atoms with van der Waals surface area (Å²) in [7, 11) is 0. The van der Waals surface area contributed by atoms with Gasteiger partial charge in [-0.3, -0.25) is 4.68 Å². The van der Waals surface area contributed by atoms with Crippen LogP contribution >= 0.6 is 0 Å². The first kappa shape index (κ1) is 13.3. The Balaban J connectivity index is 2.38. The van der Waals surface area contributed by atoms with Crippen LogP contribution in [0.1, 0.15) is 23.0 Å². The molecule has 19 heavy (non-hydrogen) atoms. The second-order valence-corrected chi connectivity index (χ2v) is 4.22. The number of hydrogen-bond acceptors (Lipinski definition) is 3. The summed E-state index contributed by atoms with van der Waals surface area (Å²) in [5, 5.41) is 22.2. The van der Waals surface area contributed by atoms with Crippen LogP contribution in [0.15, 0.2) is 30.3 Å². The van der Waals surface area contributed by atoms with Crippen molar-refractivity contribution < 1.29 is 15.0 Å². The first-order valence-electron chi connectivity index (χ1n) is 6.17. The standard InChI is InChI=1S/C14H16N2O3/c1-2-10-3-5-11(6-4-10)12-9-13(14(18)19)16(15-12)7-8-17/h3-6,9,17H,2,7-8H2,1H3,(H,18,19). The molecule has 0 aliphatic carbocycles. The van der Waals surface area contributed by atoms with Crippen molar-refractivity contribution in [2.75, 3.05) is 6.61 Å². The zero-order valence-electron chi connectivity index (χ0n) is 10.7. The Bertz CT molecular complexity index is 573. The number of aromatic carboxylic acids is 1. The van der Waals surface area contributed by atoms with Crippen molar-refractivity contribution in [2.45, 2.75) is 19.9 Å². The van der Waals surface area contributed by atoms with Crippen LogP contribution in [-0.2, 0) is 13.0 Å². The fourth-order valence-electron chi connectivity index (χ4n) is 1.91. The molecule has 0 saturated carbocycles. The lowest BCUT2D eigenvalue weighted by atomic mass is 10.1. The van der Waals surface area contributed by atoms with Crippen LogP contribution in [0.5, 0.6) is 0 Å². The number of carboxylic acids is 1. The molecule has 1 heterocycles. The van der Waals surface area contributed by atoms with Gasteiger partial charge in [-0.05, 0) is 18.1 Å². The van der Waals surface area contributed by atoms with Crippen molar-refractivity contribution >= 4 is 5.97 Å². The Kier molecular flexibility index (Phi) is 3.97. The van der Waals surface area contributed by atoms with Crippen LogP contribution in [0.2, 0.25) is 0 Å². The lowest BCUT2D eigenvalue weighted by molar-refractivity contribution is 0.0681. The molecule has 1 aromatic heterocycles. The van der Waals surface area contributed by atoms with Gasteiger partial charge in [0.05, 0.1) is 18.8 Å². The van der Waals surface area contributed by atoms with Gasteiger partial charge in [0.1, 0.15) is 5.69 Å². The highest BCUT2D eigenvalue weighted by Crippen LogP contribution is 2.20. The summed E-state index contributed by atoms with van der Waals surface area (Å²) >= 11 is 0. The molecule has 0 saturated heterocycles. The zero-order valence-corrected chi connectivity index (χ0v) is 10.7. The van der Waals surface area contributed by atoms with E-state index in [0.717, 1.165) is 12.0 Å². The number of carboxylic acid groups (broad SMARTS) is 1. The highest BCUT2D eigenvalue weighted by Gasteiger charge is 2.14. The minimum absolute atomic E-state index is 0.0867. The number of benzene rings is 1. The van der Waals surface area contributed by atoms with E-state index in [1.54, 1.807) is 0 Å². The molecule has 0 aliphatic heterocycles. The fourth-order valence-corrected chi connectivity index (χ4v) is 1.91. The minimum atomic E-state index is -1.04. The first-order chi connectivity index (χ1) is 9.15. The summed E-state index contributed by atoms with van der Waals surface area (Å²) in [6.45, 7) is 2.11. The molecule has 0 aliphatic rings. The number of nitrogens with zero attached hydrogens (tertiary/aromatic N) is 2. The van der Waals surface area contributed by atoms with Crippen LogP contribution in [0, 0.1) is 0 Å². The molecule has 0 spiro atoms. The molecule has 5 nitrogen and oxygen atoms in total. The van der Waals surface area contributed by atoms with Crippen molar-refractivity contribution in [3.63, 3.8) is 0 Å². The Hall–Kier alpha value is -2.14. The Morgan fingerprint density at radius 2 is 2.00 bits per heavy atom. The summed E-state index contributed by atoms with van der Waals surface area (Å²) in [4.78, 5) is 11.1. The molecule has 1 aromatic carbocycles. The molecule has 0 unspecified atom stereocenters. The number of aromatic nitrogens is 2. The summed E-state index contributed by atoms with van der Waals surface area (Å²) in [5.41, 5.74) is 2.78. The molecule has 2 aromatic rings. The van der Waals surface area contributed by atoms with Crippen LogP contribution in [-0.4, -0.2) is 32.6 Å². The third kappa shape index (κ3) is 2.82. The topological polar surface area (TPSA) is 75.3 Å². The van der Waals surface area contributed by atoms with Gasteiger partial charge < -0.3 is 10.2 Å². The number of carbonyl (C=O) groups is 1. The van der Waals surface area contributed by atoms with Gasteiger partial charge in [0.2, 0.25) is 0 Å². The van der Waals surface area contributed by atoms with Gasteiger partial charge in [0, 0.05) is 5.56 Å². The van der Waals surface area contributed by atoms with Crippen molar-refractivity contribution in [3.05, 3.63) is 41.6 Å². The summed E-state index contributed by atoms with van der Waals surface area (Å²) < 4.78 is 1.31. The van der Waals surface area contributed by atoms with E-state index in [0.29, 0.717) is 5.69 Å². The van der Waals surface area contributed by atoms with Gasteiger partial charge in [-0.25, -0.2) is 4.79 Å². The molecule has 100 valence electrons. The Labute approximate surface area is 111 Å². The molecular weight excluding hydrogens is 244 g/mol. The van der Waals surface area contributed by atoms with Gasteiger partial charge in [-0.2, -0.15) is 5.10 Å². The average Bonchev–Trinajstić information content (AvgIpc) is 2.83. The van der Waals surface area contributed by atoms with Crippen molar-refractivity contribution in [1.29, 1.82) is 0 Å². The van der Waals surface area contributed by atoms with E-state index in [1.807, 2.05) is 24.3 Å². The lowest BCUT2D eigenvalue weighted by Crippen LogP contribution is -2.12. The molecule has 5 heteroatoms. The smallest absolute Gasteiger partial charge is 0.354 e. The second-order valence-electron chi connectivity index (χ2n) is 4.22. The highest BCUT2D eigenvalue weighted by atomic mass is 16.4. The fraction of sp³-hybridized carbons (Fsp3) is 0.286. The van der Waals surface area contributed by atoms with E-state index in [1.165, 1.54) is 16.3 Å². The SMILES string of the molecule is CCc1ccc(-c2cc(C(=O)O)n(CCO)n2)cc1. The maximum Gasteiger partial charge on any atom is 0.354 e.